The summed E-state index contributed by atoms with van der Waals surface area (Å²) in [6, 6.07) is 2.98. The largest absolute Gasteiger partial charge is 0.481 e. The van der Waals surface area contributed by atoms with Crippen LogP contribution in [0.4, 0.5) is 0 Å². The highest BCUT2D eigenvalue weighted by Crippen LogP contribution is 2.37. The van der Waals surface area contributed by atoms with Crippen molar-refractivity contribution in [2.75, 3.05) is 13.7 Å². The van der Waals surface area contributed by atoms with Gasteiger partial charge in [-0.25, -0.2) is 8.42 Å². The number of ether oxygens (including phenoxy) is 1. The number of carbonyl (C=O) groups is 1. The predicted octanol–water partition coefficient (Wildman–Crippen LogP) is 3.14. The van der Waals surface area contributed by atoms with Gasteiger partial charge >= 0.3 is 0 Å². The first-order valence-corrected chi connectivity index (χ1v) is 9.92. The van der Waals surface area contributed by atoms with Crippen LogP contribution >= 0.6 is 42.5 Å². The maximum atomic E-state index is 11.9. The molecule has 0 saturated heterocycles. The molecule has 1 aliphatic rings. The summed E-state index contributed by atoms with van der Waals surface area (Å²) in [5.41, 5.74) is 0. The van der Waals surface area contributed by atoms with Crippen LogP contribution in [0.2, 0.25) is 0 Å². The van der Waals surface area contributed by atoms with Gasteiger partial charge in [0, 0.05) is 23.8 Å². The van der Waals surface area contributed by atoms with Crippen LogP contribution in [0.25, 0.3) is 0 Å². The third-order valence-corrected chi connectivity index (χ3v) is 5.59. The zero-order chi connectivity index (χ0) is 15.8. The Morgan fingerprint density at radius 1 is 1.38 bits per heavy atom. The van der Waals surface area contributed by atoms with Gasteiger partial charge in [0.25, 0.3) is 15.0 Å². The summed E-state index contributed by atoms with van der Waals surface area (Å²) in [4.78, 5) is 13.5. The van der Waals surface area contributed by atoms with E-state index in [1.54, 1.807) is 11.9 Å². The van der Waals surface area contributed by atoms with Crippen molar-refractivity contribution < 1.29 is 17.9 Å². The Bertz CT molecular complexity index is 653. The molecule has 2 rings (SSSR count). The number of rotatable bonds is 5. The Labute approximate surface area is 144 Å². The van der Waals surface area contributed by atoms with E-state index in [4.69, 9.17) is 15.4 Å². The molecule has 0 N–H and O–H groups in total. The first kappa shape index (κ1) is 17.1. The summed E-state index contributed by atoms with van der Waals surface area (Å²) in [5.74, 6) is 0.238. The van der Waals surface area contributed by atoms with E-state index in [1.807, 2.05) is 0 Å². The molecule has 1 fully saturated rings. The van der Waals surface area contributed by atoms with Gasteiger partial charge in [-0.2, -0.15) is 0 Å². The van der Waals surface area contributed by atoms with Crippen molar-refractivity contribution in [2.45, 2.75) is 23.8 Å². The van der Waals surface area contributed by atoms with E-state index in [2.05, 4.69) is 31.9 Å². The number of halogens is 3. The molecule has 1 aliphatic carbocycles. The molecule has 0 unspecified atom stereocenters. The molecule has 1 amide bonds. The lowest BCUT2D eigenvalue weighted by molar-refractivity contribution is -0.132. The summed E-state index contributed by atoms with van der Waals surface area (Å²) in [6.07, 6.45) is 2.05. The molecular formula is C12H12Br2ClNO4S. The molecule has 1 aromatic carbocycles. The molecular weight excluding hydrogens is 449 g/mol. The van der Waals surface area contributed by atoms with Gasteiger partial charge in [0.2, 0.25) is 0 Å². The Balaban J connectivity index is 2.11. The highest BCUT2D eigenvalue weighted by molar-refractivity contribution is 9.11. The standard InChI is InChI=1S/C12H12Br2ClNO4S/c1-16(7-2-3-7)11(17)6-20-12-9(13)4-8(5-10(12)14)21(15,18)19/h4-5,7H,2-3,6H2,1H3. The second-order valence-corrected chi connectivity index (χ2v) is 8.95. The zero-order valence-corrected chi connectivity index (χ0v) is 15.7. The second-order valence-electron chi connectivity index (χ2n) is 4.68. The summed E-state index contributed by atoms with van der Waals surface area (Å²) < 4.78 is 28.9. The zero-order valence-electron chi connectivity index (χ0n) is 11.0. The molecule has 0 aromatic heterocycles. The third-order valence-electron chi connectivity index (χ3n) is 3.08. The van der Waals surface area contributed by atoms with E-state index >= 15 is 0 Å². The highest BCUT2D eigenvalue weighted by Gasteiger charge is 2.29. The minimum Gasteiger partial charge on any atom is -0.481 e. The lowest BCUT2D eigenvalue weighted by Gasteiger charge is -2.17. The monoisotopic (exact) mass is 459 g/mol. The van der Waals surface area contributed by atoms with Crippen molar-refractivity contribution in [3.63, 3.8) is 0 Å². The lowest BCUT2D eigenvalue weighted by Crippen LogP contribution is -2.33. The summed E-state index contributed by atoms with van der Waals surface area (Å²) >= 11 is 6.43. The minimum absolute atomic E-state index is 0.0586. The van der Waals surface area contributed by atoms with E-state index in [0.29, 0.717) is 20.7 Å². The van der Waals surface area contributed by atoms with Gasteiger partial charge in [-0.3, -0.25) is 4.79 Å². The topological polar surface area (TPSA) is 63.7 Å². The van der Waals surface area contributed by atoms with Gasteiger partial charge < -0.3 is 9.64 Å². The van der Waals surface area contributed by atoms with E-state index in [1.165, 1.54) is 12.1 Å². The van der Waals surface area contributed by atoms with E-state index in [9.17, 15) is 13.2 Å². The first-order valence-electron chi connectivity index (χ1n) is 6.02. The van der Waals surface area contributed by atoms with Gasteiger partial charge in [-0.15, -0.1) is 0 Å². The predicted molar refractivity (Wildman–Crippen MR) is 86.2 cm³/mol. The van der Waals surface area contributed by atoms with Crippen molar-refractivity contribution in [3.8, 4) is 5.75 Å². The number of hydrogen-bond acceptors (Lipinski definition) is 4. The Kier molecular flexibility index (Phi) is 5.23. The molecule has 0 radical (unpaired) electrons. The summed E-state index contributed by atoms with van der Waals surface area (Å²) in [5, 5.41) is 0. The smallest absolute Gasteiger partial charge is 0.261 e. The molecule has 0 bridgehead atoms. The Hall–Kier alpha value is -0.310. The van der Waals surface area contributed by atoms with Gasteiger partial charge in [-0.1, -0.05) is 0 Å². The SMILES string of the molecule is CN(C(=O)COc1c(Br)cc(S(=O)(=O)Cl)cc1Br)C1CC1. The Morgan fingerprint density at radius 3 is 2.33 bits per heavy atom. The van der Waals surface area contributed by atoms with Gasteiger partial charge in [0.15, 0.2) is 6.61 Å². The molecule has 1 aromatic rings. The summed E-state index contributed by atoms with van der Waals surface area (Å²) in [7, 11) is 3.21. The molecule has 21 heavy (non-hydrogen) atoms. The highest BCUT2D eigenvalue weighted by atomic mass is 79.9. The minimum atomic E-state index is -3.83. The van der Waals surface area contributed by atoms with E-state index in [0.717, 1.165) is 12.8 Å². The fraction of sp³-hybridized carbons (Fsp3) is 0.417. The van der Waals surface area contributed by atoms with Crippen molar-refractivity contribution in [2.24, 2.45) is 0 Å². The number of benzene rings is 1. The fourth-order valence-electron chi connectivity index (χ4n) is 1.72. The average molecular weight is 462 g/mol. The number of nitrogens with zero attached hydrogens (tertiary/aromatic N) is 1. The van der Waals surface area contributed by atoms with Crippen LogP contribution in [-0.4, -0.2) is 38.9 Å². The Morgan fingerprint density at radius 2 is 1.90 bits per heavy atom. The third kappa shape index (κ3) is 4.34. The lowest BCUT2D eigenvalue weighted by atomic mass is 10.3. The van der Waals surface area contributed by atoms with Gasteiger partial charge in [0.05, 0.1) is 13.8 Å². The van der Waals surface area contributed by atoms with Crippen molar-refractivity contribution in [1.82, 2.24) is 4.90 Å². The molecule has 116 valence electrons. The van der Waals surface area contributed by atoms with Crippen LogP contribution in [0.5, 0.6) is 5.75 Å². The number of likely N-dealkylation sites (N-methyl/N-ethyl adjacent to an activating group) is 1. The van der Waals surface area contributed by atoms with Crippen molar-refractivity contribution in [1.29, 1.82) is 0 Å². The van der Waals surface area contributed by atoms with Crippen LogP contribution in [0.15, 0.2) is 26.0 Å². The second kappa shape index (κ2) is 6.44. The maximum Gasteiger partial charge on any atom is 0.261 e. The molecule has 0 aliphatic heterocycles. The van der Waals surface area contributed by atoms with Crippen molar-refractivity contribution in [3.05, 3.63) is 21.1 Å². The molecule has 5 nitrogen and oxygen atoms in total. The van der Waals surface area contributed by atoms with Crippen LogP contribution in [-0.2, 0) is 13.8 Å². The quantitative estimate of drug-likeness (QED) is 0.632. The van der Waals surface area contributed by atoms with Crippen molar-refractivity contribution >= 4 is 57.5 Å². The molecule has 9 heteroatoms. The molecule has 0 spiro atoms. The van der Waals surface area contributed by atoms with Crippen LogP contribution < -0.4 is 4.74 Å². The number of carbonyl (C=O) groups excluding carboxylic acids is 1. The maximum absolute atomic E-state index is 11.9. The van der Waals surface area contributed by atoms with E-state index < -0.39 is 9.05 Å². The van der Waals surface area contributed by atoms with Crippen LogP contribution in [0, 0.1) is 0 Å². The van der Waals surface area contributed by atoms with E-state index in [-0.39, 0.29) is 17.4 Å². The average Bonchev–Trinajstić information content (AvgIpc) is 3.19. The van der Waals surface area contributed by atoms with Crippen LogP contribution in [0.3, 0.4) is 0 Å². The molecule has 0 heterocycles. The summed E-state index contributed by atoms with van der Waals surface area (Å²) in [6.45, 7) is -0.114. The van der Waals surface area contributed by atoms with Crippen LogP contribution in [0.1, 0.15) is 12.8 Å². The van der Waals surface area contributed by atoms with Gasteiger partial charge in [-0.05, 0) is 56.8 Å². The normalized spacial score (nSPS) is 14.9. The molecule has 0 atom stereocenters. The van der Waals surface area contributed by atoms with Gasteiger partial charge in [0.1, 0.15) is 5.75 Å². The number of hydrogen-bond donors (Lipinski definition) is 0. The fourth-order valence-corrected chi connectivity index (χ4v) is 4.22. The molecule has 1 saturated carbocycles. The first-order chi connectivity index (χ1) is 9.70. The number of amides is 1.